The van der Waals surface area contributed by atoms with Crippen LogP contribution in [0.1, 0.15) is 19.8 Å². The highest BCUT2D eigenvalue weighted by Gasteiger charge is 2.29. The van der Waals surface area contributed by atoms with E-state index >= 15 is 0 Å². The topological polar surface area (TPSA) is 29.5 Å². The van der Waals surface area contributed by atoms with Crippen molar-refractivity contribution in [2.75, 3.05) is 13.2 Å². The molecule has 0 aromatic carbocycles. The summed E-state index contributed by atoms with van der Waals surface area (Å²) < 4.78 is 5.11. The van der Waals surface area contributed by atoms with Gasteiger partial charge in [-0.2, -0.15) is 0 Å². The van der Waals surface area contributed by atoms with Crippen LogP contribution in [0, 0.1) is 0 Å². The van der Waals surface area contributed by atoms with Crippen molar-refractivity contribution in [2.24, 2.45) is 0 Å². The zero-order valence-electron chi connectivity index (χ0n) is 6.39. The second kappa shape index (κ2) is 2.72. The normalized spacial score (nSPS) is 24.2. The Morgan fingerprint density at radius 3 is 2.30 bits per heavy atom. The molecule has 0 amide bonds. The van der Waals surface area contributed by atoms with Gasteiger partial charge in [0.05, 0.1) is 5.60 Å². The van der Waals surface area contributed by atoms with Crippen molar-refractivity contribution in [3.8, 4) is 0 Å². The Bertz CT molecular complexity index is 134. The summed E-state index contributed by atoms with van der Waals surface area (Å²) in [5.41, 5.74) is 0.217. The van der Waals surface area contributed by atoms with E-state index < -0.39 is 5.60 Å². The molecule has 1 aliphatic heterocycles. The fraction of sp³-hybridized carbons (Fsp3) is 0.750. The SMILES string of the molecule is C=C(C)C1(O)CCOCC1. The van der Waals surface area contributed by atoms with Crippen LogP contribution in [0.25, 0.3) is 0 Å². The van der Waals surface area contributed by atoms with Crippen LogP contribution in [-0.2, 0) is 4.74 Å². The Labute approximate surface area is 61.5 Å². The van der Waals surface area contributed by atoms with Crippen LogP contribution < -0.4 is 0 Å². The third-order valence-electron chi connectivity index (χ3n) is 2.11. The van der Waals surface area contributed by atoms with Gasteiger partial charge < -0.3 is 9.84 Å². The Morgan fingerprint density at radius 2 is 2.00 bits per heavy atom. The van der Waals surface area contributed by atoms with Crippen LogP contribution in [-0.4, -0.2) is 23.9 Å². The van der Waals surface area contributed by atoms with Crippen molar-refractivity contribution >= 4 is 0 Å². The van der Waals surface area contributed by atoms with E-state index in [1.165, 1.54) is 0 Å². The first kappa shape index (κ1) is 7.76. The molecule has 58 valence electrons. The molecule has 1 N–H and O–H groups in total. The van der Waals surface area contributed by atoms with Gasteiger partial charge in [0.25, 0.3) is 0 Å². The van der Waals surface area contributed by atoms with Gasteiger partial charge in [-0.15, -0.1) is 0 Å². The molecule has 1 fully saturated rings. The summed E-state index contributed by atoms with van der Waals surface area (Å²) in [6.07, 6.45) is 1.39. The van der Waals surface area contributed by atoms with Gasteiger partial charge in [-0.25, -0.2) is 0 Å². The zero-order chi connectivity index (χ0) is 7.61. The number of hydrogen-bond acceptors (Lipinski definition) is 2. The standard InChI is InChI=1S/C8H14O2/c1-7(2)8(9)3-5-10-6-4-8/h9H,1,3-6H2,2H3. The summed E-state index contributed by atoms with van der Waals surface area (Å²) >= 11 is 0. The highest BCUT2D eigenvalue weighted by atomic mass is 16.5. The first-order chi connectivity index (χ1) is 4.65. The molecule has 2 heteroatoms. The molecule has 2 nitrogen and oxygen atoms in total. The van der Waals surface area contributed by atoms with Crippen LogP contribution >= 0.6 is 0 Å². The van der Waals surface area contributed by atoms with Gasteiger partial charge in [0, 0.05) is 26.1 Å². The lowest BCUT2D eigenvalue weighted by Crippen LogP contribution is -2.36. The predicted octanol–water partition coefficient (Wildman–Crippen LogP) is 1.10. The molecule has 1 heterocycles. The third-order valence-corrected chi connectivity index (χ3v) is 2.11. The molecule has 0 unspecified atom stereocenters. The smallest absolute Gasteiger partial charge is 0.0895 e. The summed E-state index contributed by atoms with van der Waals surface area (Å²) in [7, 11) is 0. The molecular formula is C8H14O2. The van der Waals surface area contributed by atoms with Crippen molar-refractivity contribution < 1.29 is 9.84 Å². The van der Waals surface area contributed by atoms with Gasteiger partial charge in [-0.3, -0.25) is 0 Å². The van der Waals surface area contributed by atoms with E-state index in [4.69, 9.17) is 4.74 Å². The van der Waals surface area contributed by atoms with Crippen molar-refractivity contribution in [1.29, 1.82) is 0 Å². The molecular weight excluding hydrogens is 128 g/mol. The molecule has 0 aromatic heterocycles. The average Bonchev–Trinajstić information content (AvgIpc) is 1.89. The Balaban J connectivity index is 2.56. The number of aliphatic hydroxyl groups is 1. The summed E-state index contributed by atoms with van der Waals surface area (Å²) in [6, 6.07) is 0. The number of hydrogen-bond donors (Lipinski definition) is 1. The van der Waals surface area contributed by atoms with E-state index in [2.05, 4.69) is 6.58 Å². The molecule has 1 rings (SSSR count). The molecule has 1 saturated heterocycles. The predicted molar refractivity (Wildman–Crippen MR) is 39.8 cm³/mol. The molecule has 0 atom stereocenters. The van der Waals surface area contributed by atoms with Crippen molar-refractivity contribution in [1.82, 2.24) is 0 Å². The summed E-state index contributed by atoms with van der Waals surface area (Å²) in [5.74, 6) is 0. The second-order valence-corrected chi connectivity index (χ2v) is 2.92. The van der Waals surface area contributed by atoms with E-state index in [1.54, 1.807) is 0 Å². The minimum Gasteiger partial charge on any atom is -0.385 e. The highest BCUT2D eigenvalue weighted by molar-refractivity contribution is 5.09. The van der Waals surface area contributed by atoms with Gasteiger partial charge >= 0.3 is 0 Å². The maximum absolute atomic E-state index is 9.77. The molecule has 0 aromatic rings. The monoisotopic (exact) mass is 142 g/mol. The van der Waals surface area contributed by atoms with E-state index in [-0.39, 0.29) is 0 Å². The number of ether oxygens (including phenoxy) is 1. The van der Waals surface area contributed by atoms with E-state index in [0.717, 1.165) is 5.57 Å². The van der Waals surface area contributed by atoms with E-state index in [0.29, 0.717) is 26.1 Å². The fourth-order valence-electron chi connectivity index (χ4n) is 1.14. The maximum atomic E-state index is 9.77. The van der Waals surface area contributed by atoms with Crippen molar-refractivity contribution in [3.63, 3.8) is 0 Å². The summed E-state index contributed by atoms with van der Waals surface area (Å²) in [5, 5.41) is 9.77. The number of rotatable bonds is 1. The molecule has 0 saturated carbocycles. The van der Waals surface area contributed by atoms with Crippen LogP contribution in [0.5, 0.6) is 0 Å². The molecule has 0 spiro atoms. The minimum atomic E-state index is -0.641. The summed E-state index contributed by atoms with van der Waals surface area (Å²) in [6.45, 7) is 6.92. The second-order valence-electron chi connectivity index (χ2n) is 2.92. The van der Waals surface area contributed by atoms with Crippen LogP contribution in [0.15, 0.2) is 12.2 Å². The average molecular weight is 142 g/mol. The van der Waals surface area contributed by atoms with E-state index in [1.807, 2.05) is 6.92 Å². The minimum absolute atomic E-state index is 0.641. The van der Waals surface area contributed by atoms with Gasteiger partial charge in [-0.1, -0.05) is 6.58 Å². The largest absolute Gasteiger partial charge is 0.385 e. The lowest BCUT2D eigenvalue weighted by Gasteiger charge is -2.32. The molecule has 10 heavy (non-hydrogen) atoms. The Hall–Kier alpha value is -0.340. The van der Waals surface area contributed by atoms with Crippen LogP contribution in [0.4, 0.5) is 0 Å². The lowest BCUT2D eigenvalue weighted by atomic mass is 9.88. The van der Waals surface area contributed by atoms with Gasteiger partial charge in [0.2, 0.25) is 0 Å². The van der Waals surface area contributed by atoms with Crippen molar-refractivity contribution in [2.45, 2.75) is 25.4 Å². The van der Waals surface area contributed by atoms with Crippen LogP contribution in [0.2, 0.25) is 0 Å². The first-order valence-corrected chi connectivity index (χ1v) is 3.61. The Morgan fingerprint density at radius 1 is 1.50 bits per heavy atom. The third kappa shape index (κ3) is 1.39. The zero-order valence-corrected chi connectivity index (χ0v) is 6.39. The van der Waals surface area contributed by atoms with E-state index in [9.17, 15) is 5.11 Å². The van der Waals surface area contributed by atoms with Crippen LogP contribution in [0.3, 0.4) is 0 Å². The molecule has 0 aliphatic carbocycles. The van der Waals surface area contributed by atoms with Gasteiger partial charge in [-0.05, 0) is 12.5 Å². The molecule has 0 bridgehead atoms. The molecule has 1 aliphatic rings. The first-order valence-electron chi connectivity index (χ1n) is 3.61. The lowest BCUT2D eigenvalue weighted by molar-refractivity contribution is -0.0390. The Kier molecular flexibility index (Phi) is 2.11. The fourth-order valence-corrected chi connectivity index (χ4v) is 1.14. The van der Waals surface area contributed by atoms with Gasteiger partial charge in [0.15, 0.2) is 0 Å². The van der Waals surface area contributed by atoms with Crippen molar-refractivity contribution in [3.05, 3.63) is 12.2 Å². The maximum Gasteiger partial charge on any atom is 0.0895 e. The highest BCUT2D eigenvalue weighted by Crippen LogP contribution is 2.26. The molecule has 0 radical (unpaired) electrons. The quantitative estimate of drug-likeness (QED) is 0.555. The summed E-state index contributed by atoms with van der Waals surface area (Å²) in [4.78, 5) is 0. The van der Waals surface area contributed by atoms with Gasteiger partial charge in [0.1, 0.15) is 0 Å².